The lowest BCUT2D eigenvalue weighted by atomic mass is 10.2. The standard InChI is InChI=1S/C20H13BrO4/c21-16-11-12-17(24-19(22)14-7-3-1-4-8-14)18(13-16)25-20(23)15-9-5-2-6-10-15/h1-13H. The van der Waals surface area contributed by atoms with Gasteiger partial charge in [-0.1, -0.05) is 52.3 Å². The van der Waals surface area contributed by atoms with Gasteiger partial charge < -0.3 is 9.47 Å². The molecule has 3 aromatic carbocycles. The summed E-state index contributed by atoms with van der Waals surface area (Å²) < 4.78 is 11.5. The Hall–Kier alpha value is -2.92. The van der Waals surface area contributed by atoms with Gasteiger partial charge in [-0.05, 0) is 42.5 Å². The summed E-state index contributed by atoms with van der Waals surface area (Å²) in [6.45, 7) is 0. The fraction of sp³-hybridized carbons (Fsp3) is 0. The summed E-state index contributed by atoms with van der Waals surface area (Å²) >= 11 is 3.32. The van der Waals surface area contributed by atoms with Gasteiger partial charge in [-0.25, -0.2) is 9.59 Å². The number of halogens is 1. The van der Waals surface area contributed by atoms with Crippen molar-refractivity contribution in [2.45, 2.75) is 0 Å². The van der Waals surface area contributed by atoms with Gasteiger partial charge in [0.15, 0.2) is 11.5 Å². The van der Waals surface area contributed by atoms with Crippen molar-refractivity contribution in [2.75, 3.05) is 0 Å². The molecule has 3 aromatic rings. The molecule has 0 aromatic heterocycles. The van der Waals surface area contributed by atoms with Crippen LogP contribution in [0.15, 0.2) is 83.3 Å². The highest BCUT2D eigenvalue weighted by Crippen LogP contribution is 2.32. The molecule has 0 spiro atoms. The summed E-state index contributed by atoms with van der Waals surface area (Å²) in [4.78, 5) is 24.5. The first-order valence-corrected chi connectivity index (χ1v) is 8.27. The summed E-state index contributed by atoms with van der Waals surface area (Å²) in [5, 5.41) is 0. The van der Waals surface area contributed by atoms with Crippen molar-refractivity contribution in [3.05, 3.63) is 94.5 Å². The van der Waals surface area contributed by atoms with Crippen molar-refractivity contribution < 1.29 is 19.1 Å². The van der Waals surface area contributed by atoms with Crippen LogP contribution in [0.25, 0.3) is 0 Å². The summed E-state index contributed by atoms with van der Waals surface area (Å²) in [5.74, 6) is -0.732. The Balaban J connectivity index is 1.83. The van der Waals surface area contributed by atoms with E-state index in [1.165, 1.54) is 0 Å². The van der Waals surface area contributed by atoms with Crippen LogP contribution in [0.2, 0.25) is 0 Å². The van der Waals surface area contributed by atoms with Gasteiger partial charge in [-0.2, -0.15) is 0 Å². The maximum absolute atomic E-state index is 12.3. The minimum Gasteiger partial charge on any atom is -0.419 e. The third kappa shape index (κ3) is 4.33. The van der Waals surface area contributed by atoms with Crippen molar-refractivity contribution in [1.29, 1.82) is 0 Å². The van der Waals surface area contributed by atoms with E-state index in [4.69, 9.17) is 9.47 Å². The van der Waals surface area contributed by atoms with E-state index in [0.717, 1.165) is 0 Å². The van der Waals surface area contributed by atoms with Gasteiger partial charge in [0.25, 0.3) is 0 Å². The fourth-order valence-corrected chi connectivity index (χ4v) is 2.45. The van der Waals surface area contributed by atoms with E-state index >= 15 is 0 Å². The van der Waals surface area contributed by atoms with Crippen LogP contribution in [0.1, 0.15) is 20.7 Å². The van der Waals surface area contributed by atoms with E-state index in [0.29, 0.717) is 15.6 Å². The molecule has 0 amide bonds. The summed E-state index contributed by atoms with van der Waals surface area (Å²) in [6.07, 6.45) is 0. The molecule has 0 heterocycles. The summed E-state index contributed by atoms with van der Waals surface area (Å²) in [6, 6.07) is 22.0. The predicted octanol–water partition coefficient (Wildman–Crippen LogP) is 4.89. The van der Waals surface area contributed by atoms with Gasteiger partial charge in [-0.3, -0.25) is 0 Å². The third-order valence-corrected chi connectivity index (χ3v) is 3.82. The van der Waals surface area contributed by atoms with Crippen molar-refractivity contribution in [1.82, 2.24) is 0 Å². The Bertz CT molecular complexity index is 892. The number of hydrogen-bond donors (Lipinski definition) is 0. The summed E-state index contributed by atoms with van der Waals surface area (Å²) in [5.41, 5.74) is 0.813. The van der Waals surface area contributed by atoms with Crippen molar-refractivity contribution in [2.24, 2.45) is 0 Å². The molecule has 0 aliphatic heterocycles. The predicted molar refractivity (Wildman–Crippen MR) is 96.9 cm³/mol. The highest BCUT2D eigenvalue weighted by Gasteiger charge is 2.16. The van der Waals surface area contributed by atoms with Gasteiger partial charge in [-0.15, -0.1) is 0 Å². The number of hydrogen-bond acceptors (Lipinski definition) is 4. The highest BCUT2D eigenvalue weighted by atomic mass is 79.9. The van der Waals surface area contributed by atoms with Gasteiger partial charge in [0.1, 0.15) is 0 Å². The molecule has 3 rings (SSSR count). The second kappa shape index (κ2) is 7.77. The normalized spacial score (nSPS) is 10.1. The molecule has 124 valence electrons. The zero-order valence-electron chi connectivity index (χ0n) is 13.0. The Morgan fingerprint density at radius 1 is 0.640 bits per heavy atom. The molecule has 0 aliphatic carbocycles. The smallest absolute Gasteiger partial charge is 0.343 e. The van der Waals surface area contributed by atoms with E-state index in [1.54, 1.807) is 66.7 Å². The number of esters is 2. The molecule has 0 saturated heterocycles. The lowest BCUT2D eigenvalue weighted by Gasteiger charge is -2.11. The summed E-state index contributed by atoms with van der Waals surface area (Å²) in [7, 11) is 0. The van der Waals surface area contributed by atoms with Crippen molar-refractivity contribution in [3.8, 4) is 11.5 Å². The van der Waals surface area contributed by atoms with Crippen LogP contribution in [0, 0.1) is 0 Å². The molecule has 0 radical (unpaired) electrons. The molecule has 0 N–H and O–H groups in total. The second-order valence-electron chi connectivity index (χ2n) is 5.10. The van der Waals surface area contributed by atoms with Crippen LogP contribution in [0.5, 0.6) is 11.5 Å². The number of carbonyl (C=O) groups is 2. The third-order valence-electron chi connectivity index (χ3n) is 3.33. The zero-order valence-corrected chi connectivity index (χ0v) is 14.6. The lowest BCUT2D eigenvalue weighted by Crippen LogP contribution is -2.12. The molecule has 0 atom stereocenters. The SMILES string of the molecule is O=C(Oc1ccc(Br)cc1OC(=O)c1ccccc1)c1ccccc1. The van der Waals surface area contributed by atoms with E-state index in [2.05, 4.69) is 15.9 Å². The largest absolute Gasteiger partial charge is 0.419 e. The Morgan fingerprint density at radius 2 is 1.12 bits per heavy atom. The number of ether oxygens (including phenoxy) is 2. The average Bonchev–Trinajstić information content (AvgIpc) is 2.65. The molecule has 5 heteroatoms. The molecule has 4 nitrogen and oxygen atoms in total. The molecule has 0 aliphatic rings. The van der Waals surface area contributed by atoms with Crippen LogP contribution < -0.4 is 9.47 Å². The van der Waals surface area contributed by atoms with E-state index in [9.17, 15) is 9.59 Å². The van der Waals surface area contributed by atoms with Gasteiger partial charge in [0, 0.05) is 4.47 Å². The van der Waals surface area contributed by atoms with Crippen LogP contribution >= 0.6 is 15.9 Å². The van der Waals surface area contributed by atoms with Crippen molar-refractivity contribution >= 4 is 27.9 Å². The van der Waals surface area contributed by atoms with Crippen LogP contribution in [0.4, 0.5) is 0 Å². The number of carbonyl (C=O) groups excluding carboxylic acids is 2. The monoisotopic (exact) mass is 396 g/mol. The Kier molecular flexibility index (Phi) is 5.26. The molecule has 0 fully saturated rings. The first-order chi connectivity index (χ1) is 12.1. The molecular weight excluding hydrogens is 384 g/mol. The van der Waals surface area contributed by atoms with Crippen LogP contribution in [-0.4, -0.2) is 11.9 Å². The van der Waals surface area contributed by atoms with Gasteiger partial charge in [0.2, 0.25) is 0 Å². The topological polar surface area (TPSA) is 52.6 Å². The first-order valence-electron chi connectivity index (χ1n) is 7.47. The maximum Gasteiger partial charge on any atom is 0.343 e. The molecule has 25 heavy (non-hydrogen) atoms. The molecule has 0 saturated carbocycles. The maximum atomic E-state index is 12.3. The molecule has 0 unspecified atom stereocenters. The lowest BCUT2D eigenvalue weighted by molar-refractivity contribution is 0.0682. The first kappa shape index (κ1) is 16.9. The zero-order chi connectivity index (χ0) is 17.6. The van der Waals surface area contributed by atoms with E-state index in [1.807, 2.05) is 12.1 Å². The molecule has 0 bridgehead atoms. The fourth-order valence-electron chi connectivity index (χ4n) is 2.11. The van der Waals surface area contributed by atoms with Gasteiger partial charge >= 0.3 is 11.9 Å². The van der Waals surface area contributed by atoms with E-state index in [-0.39, 0.29) is 11.5 Å². The van der Waals surface area contributed by atoms with Gasteiger partial charge in [0.05, 0.1) is 11.1 Å². The minimum absolute atomic E-state index is 0.160. The minimum atomic E-state index is -0.532. The second-order valence-corrected chi connectivity index (χ2v) is 6.02. The quantitative estimate of drug-likeness (QED) is 0.465. The van der Waals surface area contributed by atoms with E-state index < -0.39 is 11.9 Å². The average molecular weight is 397 g/mol. The van der Waals surface area contributed by atoms with Crippen LogP contribution in [0.3, 0.4) is 0 Å². The van der Waals surface area contributed by atoms with Crippen LogP contribution in [-0.2, 0) is 0 Å². The Morgan fingerprint density at radius 3 is 1.64 bits per heavy atom. The number of rotatable bonds is 4. The Labute approximate surface area is 153 Å². The highest BCUT2D eigenvalue weighted by molar-refractivity contribution is 9.10. The number of benzene rings is 3. The molecular formula is C20H13BrO4. The van der Waals surface area contributed by atoms with Crippen molar-refractivity contribution in [3.63, 3.8) is 0 Å².